The Bertz CT molecular complexity index is 462. The van der Waals surface area contributed by atoms with Crippen LogP contribution in [0.25, 0.3) is 0 Å². The van der Waals surface area contributed by atoms with E-state index in [1.807, 2.05) is 24.3 Å². The molecule has 1 aliphatic rings. The van der Waals surface area contributed by atoms with E-state index >= 15 is 0 Å². The zero-order valence-corrected chi connectivity index (χ0v) is 11.1. The molecule has 5 nitrogen and oxygen atoms in total. The summed E-state index contributed by atoms with van der Waals surface area (Å²) in [6, 6.07) is 7.26. The molecular formula is C14H19N3O2. The van der Waals surface area contributed by atoms with E-state index in [9.17, 15) is 9.59 Å². The highest BCUT2D eigenvalue weighted by Crippen LogP contribution is 2.25. The van der Waals surface area contributed by atoms with Crippen LogP contribution in [-0.2, 0) is 9.59 Å². The highest BCUT2D eigenvalue weighted by atomic mass is 16.2. The molecule has 5 heteroatoms. The molecule has 102 valence electrons. The summed E-state index contributed by atoms with van der Waals surface area (Å²) in [6.45, 7) is 0.743. The van der Waals surface area contributed by atoms with Gasteiger partial charge in [-0.3, -0.25) is 9.59 Å². The highest BCUT2D eigenvalue weighted by Gasteiger charge is 2.21. The molecule has 0 bridgehead atoms. The van der Waals surface area contributed by atoms with Crippen LogP contribution in [0.1, 0.15) is 19.3 Å². The lowest BCUT2D eigenvalue weighted by atomic mass is 10.1. The summed E-state index contributed by atoms with van der Waals surface area (Å²) >= 11 is 0. The Morgan fingerprint density at radius 2 is 2.16 bits per heavy atom. The smallest absolute Gasteiger partial charge is 0.242 e. The molecule has 1 heterocycles. The molecule has 0 spiro atoms. The molecule has 2 amide bonds. The van der Waals surface area contributed by atoms with Crippen molar-refractivity contribution in [2.75, 3.05) is 23.8 Å². The first-order valence-corrected chi connectivity index (χ1v) is 6.54. The third-order valence-corrected chi connectivity index (χ3v) is 3.31. The van der Waals surface area contributed by atoms with Crippen molar-refractivity contribution in [1.82, 2.24) is 5.32 Å². The quantitative estimate of drug-likeness (QED) is 0.804. The van der Waals surface area contributed by atoms with Gasteiger partial charge in [0, 0.05) is 13.6 Å². The number of benzene rings is 1. The van der Waals surface area contributed by atoms with Crippen LogP contribution < -0.4 is 15.5 Å². The van der Waals surface area contributed by atoms with Crippen molar-refractivity contribution in [1.29, 1.82) is 0 Å². The van der Waals surface area contributed by atoms with Gasteiger partial charge in [-0.15, -0.1) is 0 Å². The minimum atomic E-state index is -0.233. The second-order valence-electron chi connectivity index (χ2n) is 4.72. The van der Waals surface area contributed by atoms with Gasteiger partial charge in [-0.05, 0) is 31.4 Å². The van der Waals surface area contributed by atoms with Crippen LogP contribution in [0.15, 0.2) is 24.3 Å². The van der Waals surface area contributed by atoms with Gasteiger partial charge in [-0.25, -0.2) is 0 Å². The third-order valence-electron chi connectivity index (χ3n) is 3.31. The number of hydrogen-bond acceptors (Lipinski definition) is 3. The maximum Gasteiger partial charge on any atom is 0.242 e. The Morgan fingerprint density at radius 3 is 2.95 bits per heavy atom. The van der Waals surface area contributed by atoms with Crippen LogP contribution in [0, 0.1) is 0 Å². The number of nitrogens with zero attached hydrogens (tertiary/aromatic N) is 1. The number of para-hydroxylation sites is 2. The average molecular weight is 261 g/mol. The molecule has 1 atom stereocenters. The molecule has 1 aromatic carbocycles. The first-order valence-electron chi connectivity index (χ1n) is 6.54. The molecule has 0 aliphatic carbocycles. The summed E-state index contributed by atoms with van der Waals surface area (Å²) < 4.78 is 0. The van der Waals surface area contributed by atoms with E-state index in [0.29, 0.717) is 0 Å². The number of carbonyl (C=O) groups is 2. The standard InChI is InChI=1S/C14H19N3O2/c1-17(10-18)13-8-3-2-6-11(13)16-12-7-4-5-9-15-14(12)19/h2-3,6,8,10,12,16H,4-5,7,9H2,1H3,(H,15,19). The molecule has 1 aliphatic heterocycles. The fourth-order valence-corrected chi connectivity index (χ4v) is 2.22. The Morgan fingerprint density at radius 1 is 1.37 bits per heavy atom. The summed E-state index contributed by atoms with van der Waals surface area (Å²) in [5.74, 6) is 0.0288. The molecule has 2 N–H and O–H groups in total. The lowest BCUT2D eigenvalue weighted by Gasteiger charge is -2.21. The fourth-order valence-electron chi connectivity index (χ4n) is 2.22. The largest absolute Gasteiger partial charge is 0.372 e. The first-order chi connectivity index (χ1) is 9.22. The van der Waals surface area contributed by atoms with Crippen molar-refractivity contribution < 1.29 is 9.59 Å². The lowest BCUT2D eigenvalue weighted by molar-refractivity contribution is -0.121. The van der Waals surface area contributed by atoms with Crippen LogP contribution in [0.2, 0.25) is 0 Å². The molecular weight excluding hydrogens is 242 g/mol. The predicted molar refractivity (Wildman–Crippen MR) is 75.2 cm³/mol. The van der Waals surface area contributed by atoms with Gasteiger partial charge >= 0.3 is 0 Å². The SMILES string of the molecule is CN(C=O)c1ccccc1NC1CCCCNC1=O. The molecule has 2 rings (SSSR count). The van der Waals surface area contributed by atoms with Gasteiger partial charge in [0.25, 0.3) is 0 Å². The van der Waals surface area contributed by atoms with E-state index in [-0.39, 0.29) is 11.9 Å². The van der Waals surface area contributed by atoms with Gasteiger partial charge in [0.05, 0.1) is 11.4 Å². The normalized spacial score (nSPS) is 19.2. The summed E-state index contributed by atoms with van der Waals surface area (Å²) in [5, 5.41) is 6.13. The number of carbonyl (C=O) groups excluding carboxylic acids is 2. The molecule has 0 radical (unpaired) electrons. The van der Waals surface area contributed by atoms with Crippen molar-refractivity contribution in [3.8, 4) is 0 Å². The highest BCUT2D eigenvalue weighted by molar-refractivity contribution is 5.88. The van der Waals surface area contributed by atoms with Gasteiger partial charge in [0.1, 0.15) is 6.04 Å². The maximum atomic E-state index is 11.9. The summed E-state index contributed by atoms with van der Waals surface area (Å²) in [6.07, 6.45) is 3.60. The number of anilines is 2. The van der Waals surface area contributed by atoms with Gasteiger partial charge in [-0.2, -0.15) is 0 Å². The monoisotopic (exact) mass is 261 g/mol. The molecule has 0 aromatic heterocycles. The first kappa shape index (κ1) is 13.4. The molecule has 19 heavy (non-hydrogen) atoms. The van der Waals surface area contributed by atoms with Crippen LogP contribution in [-0.4, -0.2) is 32.0 Å². The van der Waals surface area contributed by atoms with E-state index in [1.165, 1.54) is 4.90 Å². The molecule has 1 fully saturated rings. The van der Waals surface area contributed by atoms with Crippen LogP contribution in [0.5, 0.6) is 0 Å². The van der Waals surface area contributed by atoms with Crippen molar-refractivity contribution in [2.45, 2.75) is 25.3 Å². The van der Waals surface area contributed by atoms with Gasteiger partial charge in [-0.1, -0.05) is 12.1 Å². The number of nitrogens with one attached hydrogen (secondary N) is 2. The van der Waals surface area contributed by atoms with Gasteiger partial charge in [0.2, 0.25) is 12.3 Å². The van der Waals surface area contributed by atoms with Crippen molar-refractivity contribution in [2.24, 2.45) is 0 Å². The third kappa shape index (κ3) is 3.24. The van der Waals surface area contributed by atoms with E-state index < -0.39 is 0 Å². The predicted octanol–water partition coefficient (Wildman–Crippen LogP) is 1.36. The van der Waals surface area contributed by atoms with E-state index in [1.54, 1.807) is 7.05 Å². The maximum absolute atomic E-state index is 11.9. The summed E-state index contributed by atoms with van der Waals surface area (Å²) in [7, 11) is 1.70. The van der Waals surface area contributed by atoms with Crippen molar-refractivity contribution in [3.05, 3.63) is 24.3 Å². The zero-order valence-electron chi connectivity index (χ0n) is 11.1. The second-order valence-corrected chi connectivity index (χ2v) is 4.72. The lowest BCUT2D eigenvalue weighted by Crippen LogP contribution is -2.38. The van der Waals surface area contributed by atoms with Gasteiger partial charge in [0.15, 0.2) is 0 Å². The second kappa shape index (κ2) is 6.22. The molecule has 0 saturated carbocycles. The number of rotatable bonds is 4. The molecule has 1 saturated heterocycles. The van der Waals surface area contributed by atoms with Crippen LogP contribution in [0.4, 0.5) is 11.4 Å². The number of hydrogen-bond donors (Lipinski definition) is 2. The van der Waals surface area contributed by atoms with Crippen LogP contribution in [0.3, 0.4) is 0 Å². The Hall–Kier alpha value is -2.04. The van der Waals surface area contributed by atoms with Gasteiger partial charge < -0.3 is 15.5 Å². The Balaban J connectivity index is 2.17. The molecule has 1 aromatic rings. The Labute approximate surface area is 113 Å². The Kier molecular flexibility index (Phi) is 4.39. The average Bonchev–Trinajstić information content (AvgIpc) is 2.64. The van der Waals surface area contributed by atoms with E-state index in [4.69, 9.17) is 0 Å². The topological polar surface area (TPSA) is 61.4 Å². The van der Waals surface area contributed by atoms with E-state index in [2.05, 4.69) is 10.6 Å². The van der Waals surface area contributed by atoms with Crippen LogP contribution >= 0.6 is 0 Å². The van der Waals surface area contributed by atoms with Crippen molar-refractivity contribution >= 4 is 23.7 Å². The number of amides is 2. The minimum Gasteiger partial charge on any atom is -0.372 e. The summed E-state index contributed by atoms with van der Waals surface area (Å²) in [4.78, 5) is 24.3. The zero-order chi connectivity index (χ0) is 13.7. The van der Waals surface area contributed by atoms with E-state index in [0.717, 1.165) is 43.6 Å². The van der Waals surface area contributed by atoms with Crippen molar-refractivity contribution in [3.63, 3.8) is 0 Å². The minimum absolute atomic E-state index is 0.0288. The fraction of sp³-hybridized carbons (Fsp3) is 0.429. The molecule has 1 unspecified atom stereocenters. The summed E-state index contributed by atoms with van der Waals surface area (Å²) in [5.41, 5.74) is 1.58.